The number of rotatable bonds is 7. The molecule has 0 spiro atoms. The van der Waals surface area contributed by atoms with E-state index in [1.807, 2.05) is 6.92 Å². The standard InChI is InChI=1S/C23H21F3N2O3S/c1-16-5-10-19(11-6-16)28-32(30,31)21-12-7-17(8-13-21)9-14-22(29)27-20-4-2-3-18(15-20)23(24,25)26/h2-8,10-13,15,28H,9,14H2,1H3,(H,27,29). The lowest BCUT2D eigenvalue weighted by Gasteiger charge is -2.10. The summed E-state index contributed by atoms with van der Waals surface area (Å²) in [6.45, 7) is 1.90. The number of hydrogen-bond acceptors (Lipinski definition) is 3. The van der Waals surface area contributed by atoms with Gasteiger partial charge in [-0.1, -0.05) is 35.9 Å². The molecular formula is C23H21F3N2O3S. The Hall–Kier alpha value is -3.33. The van der Waals surface area contributed by atoms with Crippen molar-refractivity contribution in [3.63, 3.8) is 0 Å². The molecule has 0 fully saturated rings. The van der Waals surface area contributed by atoms with E-state index in [1.165, 1.54) is 24.3 Å². The highest BCUT2D eigenvalue weighted by Crippen LogP contribution is 2.30. The molecule has 32 heavy (non-hydrogen) atoms. The lowest BCUT2D eigenvalue weighted by atomic mass is 10.1. The van der Waals surface area contributed by atoms with E-state index in [1.54, 1.807) is 36.4 Å². The van der Waals surface area contributed by atoms with E-state index in [9.17, 15) is 26.4 Å². The number of hydrogen-bond donors (Lipinski definition) is 2. The summed E-state index contributed by atoms with van der Waals surface area (Å²) in [7, 11) is -3.75. The molecule has 0 radical (unpaired) electrons. The minimum Gasteiger partial charge on any atom is -0.326 e. The van der Waals surface area contributed by atoms with Crippen LogP contribution < -0.4 is 10.0 Å². The molecule has 3 rings (SSSR count). The van der Waals surface area contributed by atoms with Gasteiger partial charge in [0.15, 0.2) is 0 Å². The predicted octanol–water partition coefficient (Wildman–Crippen LogP) is 5.39. The van der Waals surface area contributed by atoms with E-state index in [-0.39, 0.29) is 17.0 Å². The molecule has 0 saturated carbocycles. The summed E-state index contributed by atoms with van der Waals surface area (Å²) in [6, 6.07) is 17.4. The molecule has 0 aromatic heterocycles. The number of halogens is 3. The molecule has 3 aromatic carbocycles. The first kappa shape index (κ1) is 23.3. The normalized spacial score (nSPS) is 11.8. The van der Waals surface area contributed by atoms with Crippen molar-refractivity contribution in [2.45, 2.75) is 30.8 Å². The van der Waals surface area contributed by atoms with Crippen LogP contribution in [-0.4, -0.2) is 14.3 Å². The second kappa shape index (κ2) is 9.44. The Morgan fingerprint density at radius 2 is 1.56 bits per heavy atom. The van der Waals surface area contributed by atoms with Crippen molar-refractivity contribution in [2.75, 3.05) is 10.0 Å². The Labute approximate surface area is 184 Å². The third-order valence-electron chi connectivity index (χ3n) is 4.65. The molecule has 0 heterocycles. The van der Waals surface area contributed by atoms with Gasteiger partial charge in [0.25, 0.3) is 10.0 Å². The van der Waals surface area contributed by atoms with Crippen molar-refractivity contribution in [3.8, 4) is 0 Å². The highest BCUT2D eigenvalue weighted by molar-refractivity contribution is 7.92. The largest absolute Gasteiger partial charge is 0.416 e. The maximum absolute atomic E-state index is 12.8. The Bertz CT molecular complexity index is 1190. The summed E-state index contributed by atoms with van der Waals surface area (Å²) in [5, 5.41) is 2.45. The van der Waals surface area contributed by atoms with E-state index < -0.39 is 27.7 Å². The molecule has 0 atom stereocenters. The van der Waals surface area contributed by atoms with Crippen molar-refractivity contribution >= 4 is 27.3 Å². The molecule has 0 bridgehead atoms. The number of aryl methyl sites for hydroxylation is 2. The third kappa shape index (κ3) is 6.34. The van der Waals surface area contributed by atoms with Crippen LogP contribution in [0, 0.1) is 6.92 Å². The molecule has 168 valence electrons. The summed E-state index contributed by atoms with van der Waals surface area (Å²) in [6.07, 6.45) is -4.16. The van der Waals surface area contributed by atoms with Crippen molar-refractivity contribution in [2.24, 2.45) is 0 Å². The zero-order valence-electron chi connectivity index (χ0n) is 17.1. The van der Waals surface area contributed by atoms with E-state index in [2.05, 4.69) is 10.0 Å². The second-order valence-electron chi connectivity index (χ2n) is 7.24. The second-order valence-corrected chi connectivity index (χ2v) is 8.92. The van der Waals surface area contributed by atoms with Gasteiger partial charge in [-0.05, 0) is 61.4 Å². The lowest BCUT2D eigenvalue weighted by molar-refractivity contribution is -0.137. The topological polar surface area (TPSA) is 75.3 Å². The van der Waals surface area contributed by atoms with Crippen LogP contribution in [0.15, 0.2) is 77.7 Å². The van der Waals surface area contributed by atoms with Crippen LogP contribution >= 0.6 is 0 Å². The van der Waals surface area contributed by atoms with Gasteiger partial charge in [-0.15, -0.1) is 0 Å². The van der Waals surface area contributed by atoms with Crippen LogP contribution in [0.3, 0.4) is 0 Å². The number of alkyl halides is 3. The first-order valence-corrected chi connectivity index (χ1v) is 11.2. The van der Waals surface area contributed by atoms with Gasteiger partial charge in [0, 0.05) is 17.8 Å². The molecule has 0 aliphatic rings. The number of anilines is 2. The highest BCUT2D eigenvalue weighted by Gasteiger charge is 2.30. The van der Waals surface area contributed by atoms with Gasteiger partial charge in [-0.25, -0.2) is 8.42 Å². The van der Waals surface area contributed by atoms with Gasteiger partial charge in [0.05, 0.1) is 10.5 Å². The molecule has 3 aromatic rings. The summed E-state index contributed by atoms with van der Waals surface area (Å²) in [4.78, 5) is 12.2. The summed E-state index contributed by atoms with van der Waals surface area (Å²) in [5.74, 6) is -0.443. The minimum atomic E-state index is -4.49. The summed E-state index contributed by atoms with van der Waals surface area (Å²) >= 11 is 0. The minimum absolute atomic E-state index is 0.0317. The van der Waals surface area contributed by atoms with Crippen molar-refractivity contribution in [1.29, 1.82) is 0 Å². The smallest absolute Gasteiger partial charge is 0.326 e. The summed E-state index contributed by atoms with van der Waals surface area (Å²) in [5.41, 5.74) is 1.40. The van der Waals surface area contributed by atoms with E-state index >= 15 is 0 Å². The van der Waals surface area contributed by atoms with E-state index in [0.717, 1.165) is 23.3 Å². The first-order chi connectivity index (χ1) is 15.0. The van der Waals surface area contributed by atoms with Crippen LogP contribution in [0.5, 0.6) is 0 Å². The number of benzene rings is 3. The first-order valence-electron chi connectivity index (χ1n) is 9.68. The predicted molar refractivity (Wildman–Crippen MR) is 117 cm³/mol. The van der Waals surface area contributed by atoms with Crippen molar-refractivity contribution in [3.05, 3.63) is 89.5 Å². The van der Waals surface area contributed by atoms with Crippen LogP contribution in [0.1, 0.15) is 23.1 Å². The maximum Gasteiger partial charge on any atom is 0.416 e. The fraction of sp³-hybridized carbons (Fsp3) is 0.174. The average Bonchev–Trinajstić information content (AvgIpc) is 2.74. The Balaban J connectivity index is 1.57. The van der Waals surface area contributed by atoms with Gasteiger partial charge in [0.2, 0.25) is 5.91 Å². The molecule has 1 amide bonds. The molecule has 9 heteroatoms. The number of amides is 1. The Morgan fingerprint density at radius 3 is 2.19 bits per heavy atom. The van der Waals surface area contributed by atoms with Crippen molar-refractivity contribution in [1.82, 2.24) is 0 Å². The molecule has 0 aliphatic heterocycles. The van der Waals surface area contributed by atoms with Gasteiger partial charge in [-0.3, -0.25) is 9.52 Å². The molecule has 0 aliphatic carbocycles. The monoisotopic (exact) mass is 462 g/mol. The Kier molecular flexibility index (Phi) is 6.88. The van der Waals surface area contributed by atoms with Gasteiger partial charge < -0.3 is 5.32 Å². The van der Waals surface area contributed by atoms with Crippen LogP contribution in [-0.2, 0) is 27.4 Å². The summed E-state index contributed by atoms with van der Waals surface area (Å²) < 4.78 is 65.8. The van der Waals surface area contributed by atoms with Crippen molar-refractivity contribution < 1.29 is 26.4 Å². The van der Waals surface area contributed by atoms with Gasteiger partial charge in [0.1, 0.15) is 0 Å². The van der Waals surface area contributed by atoms with Crippen LogP contribution in [0.4, 0.5) is 24.5 Å². The fourth-order valence-electron chi connectivity index (χ4n) is 2.93. The van der Waals surface area contributed by atoms with Crippen LogP contribution in [0.2, 0.25) is 0 Å². The fourth-order valence-corrected chi connectivity index (χ4v) is 3.98. The van der Waals surface area contributed by atoms with E-state index in [4.69, 9.17) is 0 Å². The molecule has 0 unspecified atom stereocenters. The maximum atomic E-state index is 12.8. The highest BCUT2D eigenvalue weighted by atomic mass is 32.2. The SMILES string of the molecule is Cc1ccc(NS(=O)(=O)c2ccc(CCC(=O)Nc3cccc(C(F)(F)F)c3)cc2)cc1. The molecule has 0 saturated heterocycles. The molecule has 2 N–H and O–H groups in total. The van der Waals surface area contributed by atoms with Crippen LogP contribution in [0.25, 0.3) is 0 Å². The zero-order chi connectivity index (χ0) is 23.4. The lowest BCUT2D eigenvalue weighted by Crippen LogP contribution is -2.14. The number of sulfonamides is 1. The van der Waals surface area contributed by atoms with Gasteiger partial charge >= 0.3 is 6.18 Å². The molecule has 5 nitrogen and oxygen atoms in total. The molecular weight excluding hydrogens is 441 g/mol. The quantitative estimate of drug-likeness (QED) is 0.495. The zero-order valence-corrected chi connectivity index (χ0v) is 17.9. The van der Waals surface area contributed by atoms with E-state index in [0.29, 0.717) is 12.1 Å². The average molecular weight is 462 g/mol. The number of nitrogens with one attached hydrogen (secondary N) is 2. The van der Waals surface area contributed by atoms with Gasteiger partial charge in [-0.2, -0.15) is 13.2 Å². The number of carbonyl (C=O) groups is 1. The third-order valence-corrected chi connectivity index (χ3v) is 6.05. The Morgan fingerprint density at radius 1 is 0.906 bits per heavy atom. The number of carbonyl (C=O) groups excluding carboxylic acids is 1.